The third-order valence-electron chi connectivity index (χ3n) is 3.07. The molecule has 1 aliphatic rings. The topological polar surface area (TPSA) is 38.3 Å². The molecule has 1 rings (SSSR count). The van der Waals surface area contributed by atoms with Crippen LogP contribution in [0.25, 0.3) is 0 Å². The largest absolute Gasteiger partial charge is 0.450 e. The normalized spacial score (nSPS) is 26.0. The van der Waals surface area contributed by atoms with Crippen LogP contribution in [0, 0.1) is 5.92 Å². The molecule has 0 aliphatic heterocycles. The van der Waals surface area contributed by atoms with Gasteiger partial charge in [-0.15, -0.1) is 0 Å². The molecule has 0 spiro atoms. The van der Waals surface area contributed by atoms with Crippen molar-refractivity contribution in [3.05, 3.63) is 0 Å². The van der Waals surface area contributed by atoms with Gasteiger partial charge in [0.25, 0.3) is 0 Å². The second kappa shape index (κ2) is 6.70. The summed E-state index contributed by atoms with van der Waals surface area (Å²) < 4.78 is 5.06. The molecule has 0 saturated heterocycles. The third-order valence-corrected chi connectivity index (χ3v) is 3.07. The highest BCUT2D eigenvalue weighted by molar-refractivity contribution is 5.67. The Balaban J connectivity index is 2.09. The minimum Gasteiger partial charge on any atom is -0.450 e. The van der Waals surface area contributed by atoms with Gasteiger partial charge in [0, 0.05) is 6.04 Å². The third kappa shape index (κ3) is 5.05. The summed E-state index contributed by atoms with van der Waals surface area (Å²) in [6.07, 6.45) is 6.43. The molecule has 1 aliphatic carbocycles. The number of rotatable bonds is 4. The predicted octanol–water partition coefficient (Wildman–Crippen LogP) is 3.09. The van der Waals surface area contributed by atoms with Gasteiger partial charge in [-0.05, 0) is 38.0 Å². The van der Waals surface area contributed by atoms with Crippen LogP contribution in [0.1, 0.15) is 52.4 Å². The van der Waals surface area contributed by atoms with Crippen molar-refractivity contribution in [1.82, 2.24) is 5.32 Å². The van der Waals surface area contributed by atoms with Gasteiger partial charge >= 0.3 is 6.09 Å². The number of alkyl carbamates (subject to hydrolysis) is 1. The Morgan fingerprint density at radius 1 is 1.33 bits per heavy atom. The smallest absolute Gasteiger partial charge is 0.407 e. The number of nitrogens with one attached hydrogen (secondary N) is 1. The first-order chi connectivity index (χ1) is 7.22. The summed E-state index contributed by atoms with van der Waals surface area (Å²) in [6.45, 7) is 4.91. The molecule has 88 valence electrons. The average molecular weight is 213 g/mol. The van der Waals surface area contributed by atoms with E-state index in [1.54, 1.807) is 0 Å². The average Bonchev–Trinajstić information content (AvgIpc) is 2.22. The van der Waals surface area contributed by atoms with Crippen LogP contribution in [0.2, 0.25) is 0 Å². The van der Waals surface area contributed by atoms with Gasteiger partial charge in [-0.3, -0.25) is 0 Å². The van der Waals surface area contributed by atoms with Crippen molar-refractivity contribution in [2.45, 2.75) is 58.4 Å². The lowest BCUT2D eigenvalue weighted by Gasteiger charge is -2.26. The minimum absolute atomic E-state index is 0.233. The van der Waals surface area contributed by atoms with Crippen molar-refractivity contribution < 1.29 is 9.53 Å². The second-order valence-corrected chi connectivity index (χ2v) is 4.59. The zero-order valence-corrected chi connectivity index (χ0v) is 9.92. The molecule has 3 heteroatoms. The Bertz CT molecular complexity index is 186. The Labute approximate surface area is 92.6 Å². The number of carbonyl (C=O) groups excluding carboxylic acids is 1. The van der Waals surface area contributed by atoms with Gasteiger partial charge in [-0.25, -0.2) is 4.79 Å². The Kier molecular flexibility index (Phi) is 5.51. The first-order valence-electron chi connectivity index (χ1n) is 6.15. The number of unbranched alkanes of at least 4 members (excludes halogenated alkanes) is 1. The zero-order chi connectivity index (χ0) is 11.1. The van der Waals surface area contributed by atoms with E-state index in [2.05, 4.69) is 19.2 Å². The van der Waals surface area contributed by atoms with Gasteiger partial charge in [0.1, 0.15) is 0 Å². The van der Waals surface area contributed by atoms with Crippen LogP contribution >= 0.6 is 0 Å². The molecule has 1 saturated carbocycles. The predicted molar refractivity (Wildman–Crippen MR) is 60.8 cm³/mol. The molecule has 1 N–H and O–H groups in total. The second-order valence-electron chi connectivity index (χ2n) is 4.59. The van der Waals surface area contributed by atoms with Gasteiger partial charge in [0.2, 0.25) is 0 Å². The lowest BCUT2D eigenvalue weighted by molar-refractivity contribution is 0.136. The molecule has 3 nitrogen and oxygen atoms in total. The van der Waals surface area contributed by atoms with Crippen LogP contribution in [0.15, 0.2) is 0 Å². The molecular weight excluding hydrogens is 190 g/mol. The van der Waals surface area contributed by atoms with E-state index in [0.717, 1.165) is 31.6 Å². The summed E-state index contributed by atoms with van der Waals surface area (Å²) in [7, 11) is 0. The Morgan fingerprint density at radius 2 is 2.00 bits per heavy atom. The Morgan fingerprint density at radius 3 is 2.60 bits per heavy atom. The van der Waals surface area contributed by atoms with Crippen LogP contribution in [0.4, 0.5) is 4.79 Å². The van der Waals surface area contributed by atoms with Crippen molar-refractivity contribution in [1.29, 1.82) is 0 Å². The quantitative estimate of drug-likeness (QED) is 0.729. The van der Waals surface area contributed by atoms with Crippen molar-refractivity contribution in [2.24, 2.45) is 5.92 Å². The van der Waals surface area contributed by atoms with Gasteiger partial charge in [0.05, 0.1) is 6.61 Å². The number of carbonyl (C=O) groups is 1. The first-order valence-corrected chi connectivity index (χ1v) is 6.15. The standard InChI is InChI=1S/C12H23NO2/c1-3-4-9-15-12(14)13-11-7-5-10(2)6-8-11/h10-11H,3-9H2,1-2H3,(H,13,14). The Hall–Kier alpha value is -0.730. The number of ether oxygens (including phenoxy) is 1. The van der Waals surface area contributed by atoms with Gasteiger partial charge in [-0.1, -0.05) is 20.3 Å². The van der Waals surface area contributed by atoms with Gasteiger partial charge < -0.3 is 10.1 Å². The molecule has 0 bridgehead atoms. The summed E-state index contributed by atoms with van der Waals surface area (Å²) >= 11 is 0. The molecule has 0 unspecified atom stereocenters. The molecule has 1 fully saturated rings. The maximum atomic E-state index is 11.3. The van der Waals surface area contributed by atoms with E-state index >= 15 is 0 Å². The highest BCUT2D eigenvalue weighted by atomic mass is 16.5. The minimum atomic E-state index is -0.233. The van der Waals surface area contributed by atoms with Crippen LogP contribution in [-0.2, 0) is 4.74 Å². The van der Waals surface area contributed by atoms with Gasteiger partial charge in [-0.2, -0.15) is 0 Å². The number of hydrogen-bond acceptors (Lipinski definition) is 2. The molecule has 0 radical (unpaired) electrons. The monoisotopic (exact) mass is 213 g/mol. The summed E-state index contributed by atoms with van der Waals surface area (Å²) in [5, 5.41) is 2.94. The van der Waals surface area contributed by atoms with Crippen molar-refractivity contribution in [2.75, 3.05) is 6.61 Å². The van der Waals surface area contributed by atoms with E-state index in [9.17, 15) is 4.79 Å². The van der Waals surface area contributed by atoms with Crippen LogP contribution in [0.3, 0.4) is 0 Å². The van der Waals surface area contributed by atoms with Crippen LogP contribution < -0.4 is 5.32 Å². The van der Waals surface area contributed by atoms with Crippen molar-refractivity contribution in [3.63, 3.8) is 0 Å². The number of amides is 1. The lowest BCUT2D eigenvalue weighted by atomic mass is 9.87. The van der Waals surface area contributed by atoms with E-state index in [1.165, 1.54) is 12.8 Å². The summed E-state index contributed by atoms with van der Waals surface area (Å²) in [4.78, 5) is 11.3. The molecule has 0 aromatic heterocycles. The van der Waals surface area contributed by atoms with Gasteiger partial charge in [0.15, 0.2) is 0 Å². The first kappa shape index (κ1) is 12.3. The van der Waals surface area contributed by atoms with Crippen LogP contribution in [0.5, 0.6) is 0 Å². The maximum Gasteiger partial charge on any atom is 0.407 e. The summed E-state index contributed by atoms with van der Waals surface area (Å²) in [5.74, 6) is 0.819. The fourth-order valence-electron chi connectivity index (χ4n) is 1.92. The van der Waals surface area contributed by atoms with Crippen LogP contribution in [-0.4, -0.2) is 18.7 Å². The van der Waals surface area contributed by atoms with E-state index in [1.807, 2.05) is 0 Å². The summed E-state index contributed by atoms with van der Waals surface area (Å²) in [5.41, 5.74) is 0. The number of hydrogen-bond donors (Lipinski definition) is 1. The lowest BCUT2D eigenvalue weighted by Crippen LogP contribution is -2.37. The molecule has 0 atom stereocenters. The highest BCUT2D eigenvalue weighted by Gasteiger charge is 2.19. The fourth-order valence-corrected chi connectivity index (χ4v) is 1.92. The summed E-state index contributed by atoms with van der Waals surface area (Å²) in [6, 6.07) is 0.343. The fraction of sp³-hybridized carbons (Fsp3) is 0.917. The molecule has 15 heavy (non-hydrogen) atoms. The zero-order valence-electron chi connectivity index (χ0n) is 9.92. The van der Waals surface area contributed by atoms with Crippen molar-refractivity contribution in [3.8, 4) is 0 Å². The SMILES string of the molecule is CCCCOC(=O)NC1CCC(C)CC1. The molecule has 0 aromatic rings. The molecule has 0 heterocycles. The molecular formula is C12H23NO2. The molecule has 0 aromatic carbocycles. The highest BCUT2D eigenvalue weighted by Crippen LogP contribution is 2.23. The maximum absolute atomic E-state index is 11.3. The van der Waals surface area contributed by atoms with E-state index < -0.39 is 0 Å². The van der Waals surface area contributed by atoms with E-state index in [0.29, 0.717) is 12.6 Å². The van der Waals surface area contributed by atoms with E-state index in [4.69, 9.17) is 4.74 Å². The molecule has 1 amide bonds. The van der Waals surface area contributed by atoms with Crippen molar-refractivity contribution >= 4 is 6.09 Å². The van der Waals surface area contributed by atoms with E-state index in [-0.39, 0.29) is 6.09 Å².